The van der Waals surface area contributed by atoms with Gasteiger partial charge in [0.1, 0.15) is 17.4 Å². The summed E-state index contributed by atoms with van der Waals surface area (Å²) in [7, 11) is 0. The van der Waals surface area contributed by atoms with Crippen molar-refractivity contribution >= 4 is 12.0 Å². The number of amides is 2. The van der Waals surface area contributed by atoms with Crippen LogP contribution in [0.2, 0.25) is 0 Å². The second-order valence-corrected chi connectivity index (χ2v) is 5.34. The molecule has 2 N–H and O–H groups in total. The molecular weight excluding hydrogens is 324 g/mol. The first-order chi connectivity index (χ1) is 12.0. The molecule has 2 heterocycles. The summed E-state index contributed by atoms with van der Waals surface area (Å²) < 4.78 is 10.5. The van der Waals surface area contributed by atoms with Crippen LogP contribution in [0.15, 0.2) is 51.0 Å². The lowest BCUT2D eigenvalue weighted by Crippen LogP contribution is -2.33. The Kier molecular flexibility index (Phi) is 4.07. The Morgan fingerprint density at radius 3 is 2.88 bits per heavy atom. The summed E-state index contributed by atoms with van der Waals surface area (Å²) in [6, 6.07) is 6.32. The first-order valence-corrected chi connectivity index (χ1v) is 7.53. The van der Waals surface area contributed by atoms with Gasteiger partial charge in [-0.3, -0.25) is 0 Å². The average Bonchev–Trinajstić information content (AvgIpc) is 2.94. The van der Waals surface area contributed by atoms with E-state index < -0.39 is 17.9 Å². The molecule has 2 amide bonds. The van der Waals surface area contributed by atoms with E-state index in [-0.39, 0.29) is 29.4 Å². The van der Waals surface area contributed by atoms with Gasteiger partial charge < -0.3 is 15.2 Å². The Morgan fingerprint density at radius 2 is 2.20 bits per heavy atom. The van der Waals surface area contributed by atoms with Crippen molar-refractivity contribution in [2.75, 3.05) is 6.61 Å². The maximum absolute atomic E-state index is 12.5. The Labute approximate surface area is 142 Å². The summed E-state index contributed by atoms with van der Waals surface area (Å²) in [5, 5.41) is 10.2. The fraction of sp³-hybridized carbons (Fsp3) is 0.235. The van der Waals surface area contributed by atoms with Gasteiger partial charge in [0.15, 0.2) is 0 Å². The number of allylic oxidation sites excluding steroid dienone is 2. The normalized spacial score (nSPS) is 18.8. The van der Waals surface area contributed by atoms with Crippen LogP contribution in [0.25, 0.3) is 0 Å². The average molecular weight is 338 g/mol. The first-order valence-electron chi connectivity index (χ1n) is 7.53. The highest BCUT2D eigenvalue weighted by Gasteiger charge is 2.37. The zero-order valence-corrected chi connectivity index (χ0v) is 13.6. The summed E-state index contributed by atoms with van der Waals surface area (Å²) >= 11 is 0. The predicted octanol–water partition coefficient (Wildman–Crippen LogP) is 0.704. The van der Waals surface area contributed by atoms with Crippen LogP contribution in [-0.4, -0.2) is 18.6 Å². The van der Waals surface area contributed by atoms with E-state index in [2.05, 4.69) is 9.98 Å². The number of para-hydroxylation sites is 1. The maximum Gasteiger partial charge on any atom is 0.368 e. The molecule has 8 nitrogen and oxygen atoms in total. The maximum atomic E-state index is 12.5. The van der Waals surface area contributed by atoms with Crippen molar-refractivity contribution in [1.82, 2.24) is 0 Å². The van der Waals surface area contributed by atoms with Gasteiger partial charge in [0.05, 0.1) is 28.8 Å². The van der Waals surface area contributed by atoms with Crippen molar-refractivity contribution in [1.29, 1.82) is 5.26 Å². The van der Waals surface area contributed by atoms with E-state index in [0.717, 1.165) is 0 Å². The molecule has 0 bridgehead atoms. The van der Waals surface area contributed by atoms with Crippen LogP contribution in [-0.2, 0) is 14.3 Å². The Hall–Kier alpha value is -3.47. The SMILES string of the molecule is CCOC(=O)C1=C(C)OC(N)=C(C#N)C1c1cccc2c1=NC(=O)N=2. The number of benzene rings is 1. The zero-order valence-electron chi connectivity index (χ0n) is 13.6. The van der Waals surface area contributed by atoms with Gasteiger partial charge in [0.2, 0.25) is 5.88 Å². The number of urea groups is 1. The van der Waals surface area contributed by atoms with Gasteiger partial charge in [-0.2, -0.15) is 15.2 Å². The third kappa shape index (κ3) is 2.65. The Bertz CT molecular complexity index is 1010. The molecule has 0 spiro atoms. The summed E-state index contributed by atoms with van der Waals surface area (Å²) in [4.78, 5) is 31.7. The molecule has 0 aliphatic carbocycles. The van der Waals surface area contributed by atoms with E-state index in [1.807, 2.05) is 6.07 Å². The van der Waals surface area contributed by atoms with Gasteiger partial charge >= 0.3 is 12.0 Å². The molecule has 8 heteroatoms. The highest BCUT2D eigenvalue weighted by atomic mass is 16.5. The van der Waals surface area contributed by atoms with Crippen LogP contribution in [0.1, 0.15) is 25.3 Å². The molecule has 1 unspecified atom stereocenters. The second kappa shape index (κ2) is 6.20. The van der Waals surface area contributed by atoms with E-state index >= 15 is 0 Å². The minimum absolute atomic E-state index is 0.0524. The lowest BCUT2D eigenvalue weighted by atomic mass is 9.82. The van der Waals surface area contributed by atoms with E-state index in [0.29, 0.717) is 16.3 Å². The number of nitriles is 1. The number of carbonyl (C=O) groups is 2. The summed E-state index contributed by atoms with van der Waals surface area (Å²) in [5.74, 6) is -1.34. The number of rotatable bonds is 3. The van der Waals surface area contributed by atoms with E-state index in [1.165, 1.54) is 0 Å². The molecule has 0 saturated carbocycles. The number of fused-ring (bicyclic) bond motifs is 1. The molecule has 2 aliphatic rings. The molecule has 0 saturated heterocycles. The molecule has 1 aromatic rings. The molecule has 25 heavy (non-hydrogen) atoms. The highest BCUT2D eigenvalue weighted by molar-refractivity contribution is 5.92. The molecule has 1 atom stereocenters. The second-order valence-electron chi connectivity index (χ2n) is 5.34. The number of ether oxygens (including phenoxy) is 2. The molecule has 1 aromatic carbocycles. The summed E-state index contributed by atoms with van der Waals surface area (Å²) in [6.45, 7) is 3.40. The van der Waals surface area contributed by atoms with Gasteiger partial charge in [-0.1, -0.05) is 12.1 Å². The van der Waals surface area contributed by atoms with E-state index in [1.54, 1.807) is 32.0 Å². The molecular formula is C17H14N4O4. The Morgan fingerprint density at radius 1 is 1.44 bits per heavy atom. The van der Waals surface area contributed by atoms with Crippen LogP contribution in [0.5, 0.6) is 0 Å². The first kappa shape index (κ1) is 16.4. The molecule has 3 rings (SSSR count). The number of hydrogen-bond donors (Lipinski definition) is 1. The van der Waals surface area contributed by atoms with Gasteiger partial charge in [-0.25, -0.2) is 9.59 Å². The van der Waals surface area contributed by atoms with Crippen molar-refractivity contribution in [3.8, 4) is 6.07 Å². The topological polar surface area (TPSA) is 127 Å². The standard InChI is InChI=1S/C17H14N4O4/c1-3-24-16(22)12-8(2)25-15(19)10(7-18)13(12)9-5-4-6-11-14(9)21-17(23)20-11/h4-6,13H,3,19H2,1-2H3. The monoisotopic (exact) mass is 338 g/mol. The molecule has 0 aromatic heterocycles. The van der Waals surface area contributed by atoms with Crippen molar-refractivity contribution in [2.45, 2.75) is 19.8 Å². The number of nitrogens with two attached hydrogens (primary N) is 1. The number of esters is 1. The van der Waals surface area contributed by atoms with Crippen molar-refractivity contribution in [2.24, 2.45) is 15.7 Å². The number of nitrogens with zero attached hydrogens (tertiary/aromatic N) is 3. The van der Waals surface area contributed by atoms with Gasteiger partial charge in [0.25, 0.3) is 0 Å². The predicted molar refractivity (Wildman–Crippen MR) is 84.1 cm³/mol. The lowest BCUT2D eigenvalue weighted by Gasteiger charge is -2.26. The quantitative estimate of drug-likeness (QED) is 0.808. The fourth-order valence-electron chi connectivity index (χ4n) is 2.88. The van der Waals surface area contributed by atoms with E-state index in [4.69, 9.17) is 15.2 Å². The van der Waals surface area contributed by atoms with Crippen LogP contribution in [0.3, 0.4) is 0 Å². The summed E-state index contributed by atoms with van der Waals surface area (Å²) in [6.07, 6.45) is 0. The fourth-order valence-corrected chi connectivity index (χ4v) is 2.88. The van der Waals surface area contributed by atoms with Crippen molar-refractivity contribution in [3.05, 3.63) is 57.3 Å². The molecule has 0 radical (unpaired) electrons. The van der Waals surface area contributed by atoms with Gasteiger partial charge in [-0.05, 0) is 25.5 Å². The number of carbonyl (C=O) groups excluding carboxylic acids is 2. The van der Waals surface area contributed by atoms with Crippen LogP contribution >= 0.6 is 0 Å². The van der Waals surface area contributed by atoms with Crippen molar-refractivity contribution in [3.63, 3.8) is 0 Å². The number of hydrogen-bond acceptors (Lipinski definition) is 6. The third-order valence-electron chi connectivity index (χ3n) is 3.88. The van der Waals surface area contributed by atoms with Crippen molar-refractivity contribution < 1.29 is 19.1 Å². The van der Waals surface area contributed by atoms with Crippen LogP contribution in [0.4, 0.5) is 4.79 Å². The highest BCUT2D eigenvalue weighted by Crippen LogP contribution is 2.38. The zero-order chi connectivity index (χ0) is 18.1. The van der Waals surface area contributed by atoms with E-state index in [9.17, 15) is 14.9 Å². The minimum atomic E-state index is -0.849. The summed E-state index contributed by atoms with van der Waals surface area (Å²) in [5.41, 5.74) is 6.51. The smallest absolute Gasteiger partial charge is 0.368 e. The molecule has 2 aliphatic heterocycles. The van der Waals surface area contributed by atoms with Gasteiger partial charge in [0, 0.05) is 0 Å². The molecule has 0 fully saturated rings. The van der Waals surface area contributed by atoms with Crippen LogP contribution in [0, 0.1) is 11.3 Å². The minimum Gasteiger partial charge on any atom is -0.463 e. The third-order valence-corrected chi connectivity index (χ3v) is 3.88. The molecule has 126 valence electrons. The largest absolute Gasteiger partial charge is 0.463 e. The Balaban J connectivity index is 2.29. The van der Waals surface area contributed by atoms with Crippen LogP contribution < -0.4 is 16.4 Å². The van der Waals surface area contributed by atoms with Gasteiger partial charge in [-0.15, -0.1) is 0 Å². The lowest BCUT2D eigenvalue weighted by molar-refractivity contribution is -0.139.